The van der Waals surface area contributed by atoms with Gasteiger partial charge in [-0.15, -0.1) is 0 Å². The average Bonchev–Trinajstić information content (AvgIpc) is 2.01. The molecule has 0 aliphatic carbocycles. The minimum absolute atomic E-state index is 0.0939. The van der Waals surface area contributed by atoms with Crippen molar-refractivity contribution in [3.05, 3.63) is 0 Å². The van der Waals surface area contributed by atoms with Gasteiger partial charge in [-0.1, -0.05) is 6.92 Å². The van der Waals surface area contributed by atoms with Crippen LogP contribution in [-0.2, 0) is 4.79 Å². The maximum atomic E-state index is 11.3. The van der Waals surface area contributed by atoms with Crippen LogP contribution in [0.1, 0.15) is 47.5 Å². The zero-order chi connectivity index (χ0) is 11.2. The van der Waals surface area contributed by atoms with Gasteiger partial charge >= 0.3 is 0 Å². The Balaban J connectivity index is 3.55. The SMILES string of the molecule is CCC(C)NC(=O)CCNC(C)(C)C. The summed E-state index contributed by atoms with van der Waals surface area (Å²) < 4.78 is 0. The topological polar surface area (TPSA) is 41.1 Å². The lowest BCUT2D eigenvalue weighted by molar-refractivity contribution is -0.121. The Morgan fingerprint density at radius 1 is 1.36 bits per heavy atom. The second-order valence-corrected chi connectivity index (χ2v) is 4.80. The monoisotopic (exact) mass is 200 g/mol. The molecule has 0 saturated carbocycles. The molecular formula is C11H24N2O. The Kier molecular flexibility index (Phi) is 5.77. The van der Waals surface area contributed by atoms with Gasteiger partial charge in [0.25, 0.3) is 0 Å². The second kappa shape index (κ2) is 6.02. The third-order valence-corrected chi connectivity index (χ3v) is 2.03. The van der Waals surface area contributed by atoms with E-state index in [2.05, 4.69) is 38.3 Å². The minimum Gasteiger partial charge on any atom is -0.354 e. The highest BCUT2D eigenvalue weighted by atomic mass is 16.1. The van der Waals surface area contributed by atoms with Gasteiger partial charge in [0, 0.05) is 24.5 Å². The predicted octanol–water partition coefficient (Wildman–Crippen LogP) is 1.68. The van der Waals surface area contributed by atoms with Gasteiger partial charge in [0.15, 0.2) is 0 Å². The van der Waals surface area contributed by atoms with E-state index in [0.717, 1.165) is 13.0 Å². The second-order valence-electron chi connectivity index (χ2n) is 4.80. The smallest absolute Gasteiger partial charge is 0.221 e. The summed E-state index contributed by atoms with van der Waals surface area (Å²) in [5.74, 6) is 0.135. The van der Waals surface area contributed by atoms with E-state index in [-0.39, 0.29) is 17.5 Å². The standard InChI is InChI=1S/C11H24N2O/c1-6-9(2)13-10(14)7-8-12-11(3,4)5/h9,12H,6-8H2,1-5H3,(H,13,14). The molecule has 1 unspecified atom stereocenters. The van der Waals surface area contributed by atoms with Crippen LogP contribution in [0, 0.1) is 0 Å². The van der Waals surface area contributed by atoms with Gasteiger partial charge in [-0.25, -0.2) is 0 Å². The quantitative estimate of drug-likeness (QED) is 0.709. The zero-order valence-electron chi connectivity index (χ0n) is 10.1. The number of hydrogen-bond donors (Lipinski definition) is 2. The maximum Gasteiger partial charge on any atom is 0.221 e. The third-order valence-electron chi connectivity index (χ3n) is 2.03. The molecule has 3 heteroatoms. The molecule has 0 bridgehead atoms. The molecule has 3 nitrogen and oxygen atoms in total. The zero-order valence-corrected chi connectivity index (χ0v) is 10.1. The molecule has 1 atom stereocenters. The first kappa shape index (κ1) is 13.4. The predicted molar refractivity (Wildman–Crippen MR) is 60.3 cm³/mol. The maximum absolute atomic E-state index is 11.3. The molecule has 0 rings (SSSR count). The van der Waals surface area contributed by atoms with Gasteiger partial charge in [0.2, 0.25) is 5.91 Å². The summed E-state index contributed by atoms with van der Waals surface area (Å²) in [5, 5.41) is 6.22. The van der Waals surface area contributed by atoms with Crippen molar-refractivity contribution in [2.45, 2.75) is 59.0 Å². The van der Waals surface area contributed by atoms with Crippen molar-refractivity contribution in [1.82, 2.24) is 10.6 Å². The Morgan fingerprint density at radius 2 is 1.93 bits per heavy atom. The molecule has 0 aromatic heterocycles. The van der Waals surface area contributed by atoms with E-state index < -0.39 is 0 Å². The minimum atomic E-state index is 0.0939. The van der Waals surface area contributed by atoms with Gasteiger partial charge in [0.1, 0.15) is 0 Å². The first-order chi connectivity index (χ1) is 6.35. The summed E-state index contributed by atoms with van der Waals surface area (Å²) in [6.07, 6.45) is 1.54. The summed E-state index contributed by atoms with van der Waals surface area (Å²) in [6.45, 7) is 11.1. The summed E-state index contributed by atoms with van der Waals surface area (Å²) in [7, 11) is 0. The number of carbonyl (C=O) groups is 1. The van der Waals surface area contributed by atoms with Gasteiger partial charge in [-0.05, 0) is 34.1 Å². The van der Waals surface area contributed by atoms with Crippen LogP contribution in [0.4, 0.5) is 0 Å². The van der Waals surface area contributed by atoms with E-state index in [9.17, 15) is 4.79 Å². The molecule has 14 heavy (non-hydrogen) atoms. The highest BCUT2D eigenvalue weighted by Crippen LogP contribution is 1.98. The van der Waals surface area contributed by atoms with Gasteiger partial charge in [-0.2, -0.15) is 0 Å². The molecule has 0 aliphatic rings. The summed E-state index contributed by atoms with van der Waals surface area (Å²) >= 11 is 0. The van der Waals surface area contributed by atoms with Crippen LogP contribution in [0.5, 0.6) is 0 Å². The highest BCUT2D eigenvalue weighted by molar-refractivity contribution is 5.76. The number of nitrogens with one attached hydrogen (secondary N) is 2. The lowest BCUT2D eigenvalue weighted by atomic mass is 10.1. The average molecular weight is 200 g/mol. The van der Waals surface area contributed by atoms with Crippen molar-refractivity contribution in [3.8, 4) is 0 Å². The van der Waals surface area contributed by atoms with E-state index in [0.29, 0.717) is 6.42 Å². The summed E-state index contributed by atoms with van der Waals surface area (Å²) in [5.41, 5.74) is 0.0939. The van der Waals surface area contributed by atoms with E-state index in [1.165, 1.54) is 0 Å². The number of amides is 1. The van der Waals surface area contributed by atoms with Crippen LogP contribution in [0.3, 0.4) is 0 Å². The van der Waals surface area contributed by atoms with Crippen LogP contribution in [-0.4, -0.2) is 24.0 Å². The van der Waals surface area contributed by atoms with E-state index in [1.807, 2.05) is 6.92 Å². The molecule has 0 aromatic rings. The molecule has 0 aliphatic heterocycles. The molecule has 0 spiro atoms. The Morgan fingerprint density at radius 3 is 2.36 bits per heavy atom. The molecule has 2 N–H and O–H groups in total. The first-order valence-electron chi connectivity index (χ1n) is 5.39. The fourth-order valence-corrected chi connectivity index (χ4v) is 1.00. The van der Waals surface area contributed by atoms with Crippen LogP contribution < -0.4 is 10.6 Å². The largest absolute Gasteiger partial charge is 0.354 e. The van der Waals surface area contributed by atoms with Crippen LogP contribution in [0.2, 0.25) is 0 Å². The lowest BCUT2D eigenvalue weighted by Crippen LogP contribution is -2.39. The first-order valence-corrected chi connectivity index (χ1v) is 5.39. The summed E-state index contributed by atoms with van der Waals surface area (Å²) in [6, 6.07) is 0.289. The fraction of sp³-hybridized carbons (Fsp3) is 0.909. The number of hydrogen-bond acceptors (Lipinski definition) is 2. The van der Waals surface area contributed by atoms with Gasteiger partial charge < -0.3 is 10.6 Å². The van der Waals surface area contributed by atoms with Crippen molar-refractivity contribution in [3.63, 3.8) is 0 Å². The normalized spacial score (nSPS) is 13.8. The van der Waals surface area contributed by atoms with Crippen molar-refractivity contribution < 1.29 is 4.79 Å². The Bertz CT molecular complexity index is 173. The lowest BCUT2D eigenvalue weighted by Gasteiger charge is -2.20. The van der Waals surface area contributed by atoms with Crippen LogP contribution in [0.25, 0.3) is 0 Å². The Hall–Kier alpha value is -0.570. The van der Waals surface area contributed by atoms with Crippen molar-refractivity contribution >= 4 is 5.91 Å². The highest BCUT2D eigenvalue weighted by Gasteiger charge is 2.10. The van der Waals surface area contributed by atoms with Crippen LogP contribution >= 0.6 is 0 Å². The molecule has 0 heterocycles. The number of carbonyl (C=O) groups excluding carboxylic acids is 1. The molecule has 0 fully saturated rings. The molecule has 84 valence electrons. The summed E-state index contributed by atoms with van der Waals surface area (Å²) in [4.78, 5) is 11.3. The third kappa shape index (κ3) is 8.05. The molecular weight excluding hydrogens is 176 g/mol. The molecule has 0 aromatic carbocycles. The molecule has 1 amide bonds. The number of rotatable bonds is 5. The van der Waals surface area contributed by atoms with Crippen molar-refractivity contribution in [2.24, 2.45) is 0 Å². The van der Waals surface area contributed by atoms with E-state index in [1.54, 1.807) is 0 Å². The van der Waals surface area contributed by atoms with E-state index in [4.69, 9.17) is 0 Å². The molecule has 0 radical (unpaired) electrons. The fourth-order valence-electron chi connectivity index (χ4n) is 1.00. The van der Waals surface area contributed by atoms with Crippen molar-refractivity contribution in [1.29, 1.82) is 0 Å². The van der Waals surface area contributed by atoms with E-state index >= 15 is 0 Å². The van der Waals surface area contributed by atoms with Gasteiger partial charge in [-0.3, -0.25) is 4.79 Å². The molecule has 0 saturated heterocycles. The van der Waals surface area contributed by atoms with Crippen LogP contribution in [0.15, 0.2) is 0 Å². The Labute approximate surface area is 87.6 Å². The van der Waals surface area contributed by atoms with Crippen molar-refractivity contribution in [2.75, 3.05) is 6.54 Å². The van der Waals surface area contributed by atoms with Gasteiger partial charge in [0.05, 0.1) is 0 Å².